The van der Waals surface area contributed by atoms with E-state index in [1.807, 2.05) is 18.2 Å². The number of hydrogen-bond acceptors (Lipinski definition) is 4. The predicted octanol–water partition coefficient (Wildman–Crippen LogP) is 1.71. The molecule has 0 aliphatic carbocycles. The number of fused-ring (bicyclic) bond motifs is 1. The summed E-state index contributed by atoms with van der Waals surface area (Å²) in [6.45, 7) is 0. The number of ether oxygens (including phenoxy) is 3. The van der Waals surface area contributed by atoms with Crippen molar-refractivity contribution in [1.82, 2.24) is 0 Å². The topological polar surface area (TPSA) is 56.8 Å². The summed E-state index contributed by atoms with van der Waals surface area (Å²) in [5.74, 6) is -0.959. The van der Waals surface area contributed by atoms with E-state index in [0.29, 0.717) is 12.8 Å². The van der Waals surface area contributed by atoms with Crippen molar-refractivity contribution < 1.29 is 19.0 Å². The van der Waals surface area contributed by atoms with Crippen LogP contribution < -0.4 is 5.32 Å². The lowest BCUT2D eigenvalue weighted by Gasteiger charge is -2.28. The van der Waals surface area contributed by atoms with Crippen molar-refractivity contribution in [3.8, 4) is 0 Å². The summed E-state index contributed by atoms with van der Waals surface area (Å²) in [4.78, 5) is 11.3. The molecule has 5 nitrogen and oxygen atoms in total. The van der Waals surface area contributed by atoms with Crippen LogP contribution in [-0.4, -0.2) is 33.2 Å². The van der Waals surface area contributed by atoms with Crippen molar-refractivity contribution in [2.24, 2.45) is 0 Å². The predicted molar refractivity (Wildman–Crippen MR) is 70.9 cm³/mol. The molecule has 1 N–H and O–H groups in total. The molecule has 1 heterocycles. The molecule has 1 aliphatic heterocycles. The van der Waals surface area contributed by atoms with E-state index in [0.717, 1.165) is 23.2 Å². The molecule has 0 saturated carbocycles. The van der Waals surface area contributed by atoms with Crippen LogP contribution >= 0.6 is 0 Å². The van der Waals surface area contributed by atoms with Crippen LogP contribution in [-0.2, 0) is 31.8 Å². The Morgan fingerprint density at radius 3 is 2.53 bits per heavy atom. The quantitative estimate of drug-likeness (QED) is 0.795. The molecular weight excluding hydrogens is 246 g/mol. The number of rotatable bonds is 6. The van der Waals surface area contributed by atoms with E-state index in [9.17, 15) is 4.79 Å². The molecule has 0 aromatic heterocycles. The van der Waals surface area contributed by atoms with E-state index in [4.69, 9.17) is 14.2 Å². The van der Waals surface area contributed by atoms with Crippen molar-refractivity contribution in [3.05, 3.63) is 29.3 Å². The molecule has 19 heavy (non-hydrogen) atoms. The fraction of sp³-hybridized carbons (Fsp3) is 0.500. The zero-order valence-corrected chi connectivity index (χ0v) is 11.5. The van der Waals surface area contributed by atoms with Gasteiger partial charge in [0.05, 0.1) is 6.42 Å². The first-order chi connectivity index (χ1) is 9.12. The Morgan fingerprint density at radius 1 is 1.21 bits per heavy atom. The lowest BCUT2D eigenvalue weighted by Crippen LogP contribution is -2.36. The monoisotopic (exact) mass is 265 g/mol. The van der Waals surface area contributed by atoms with Gasteiger partial charge in [-0.3, -0.25) is 4.79 Å². The summed E-state index contributed by atoms with van der Waals surface area (Å²) >= 11 is 0. The number of carbonyl (C=O) groups excluding carboxylic acids is 1. The maximum atomic E-state index is 11.3. The number of amides is 1. The zero-order chi connectivity index (χ0) is 13.9. The molecule has 0 radical (unpaired) electrons. The molecule has 0 atom stereocenters. The SMILES string of the molecule is COC(CCc1ccc2c(c1)CC(=O)N2)(OC)OC. The number of carbonyl (C=O) groups is 1. The van der Waals surface area contributed by atoms with Gasteiger partial charge >= 0.3 is 0 Å². The molecule has 0 unspecified atom stereocenters. The van der Waals surface area contributed by atoms with E-state index in [1.165, 1.54) is 0 Å². The number of methoxy groups -OCH3 is 3. The van der Waals surface area contributed by atoms with Crippen molar-refractivity contribution in [2.75, 3.05) is 26.6 Å². The number of nitrogens with one attached hydrogen (secondary N) is 1. The fourth-order valence-electron chi connectivity index (χ4n) is 2.29. The normalized spacial score (nSPS) is 14.4. The molecular formula is C14H19NO4. The van der Waals surface area contributed by atoms with Gasteiger partial charge in [0.1, 0.15) is 0 Å². The highest BCUT2D eigenvalue weighted by atomic mass is 16.9. The Kier molecular flexibility index (Phi) is 4.19. The first-order valence-corrected chi connectivity index (χ1v) is 6.19. The van der Waals surface area contributed by atoms with Gasteiger partial charge in [0, 0.05) is 33.4 Å². The maximum absolute atomic E-state index is 11.3. The molecule has 1 aromatic carbocycles. The van der Waals surface area contributed by atoms with Gasteiger partial charge < -0.3 is 19.5 Å². The maximum Gasteiger partial charge on any atom is 0.282 e. The van der Waals surface area contributed by atoms with Crippen molar-refractivity contribution in [1.29, 1.82) is 0 Å². The van der Waals surface area contributed by atoms with Gasteiger partial charge in [-0.1, -0.05) is 12.1 Å². The van der Waals surface area contributed by atoms with Crippen LogP contribution in [0.1, 0.15) is 17.5 Å². The average Bonchev–Trinajstić information content (AvgIpc) is 2.80. The minimum atomic E-state index is -1.01. The summed E-state index contributed by atoms with van der Waals surface area (Å²) in [6.07, 6.45) is 1.78. The Bertz CT molecular complexity index is 460. The average molecular weight is 265 g/mol. The van der Waals surface area contributed by atoms with Crippen LogP contribution in [0.4, 0.5) is 5.69 Å². The summed E-state index contributed by atoms with van der Waals surface area (Å²) in [7, 11) is 4.66. The molecule has 1 aliphatic rings. The third kappa shape index (κ3) is 2.94. The summed E-state index contributed by atoms with van der Waals surface area (Å²) < 4.78 is 15.8. The standard InChI is InChI=1S/C14H19NO4/c1-17-14(18-2,19-3)7-6-10-4-5-12-11(8-10)9-13(16)15-12/h4-5,8H,6-7,9H2,1-3H3,(H,15,16). The number of hydrogen-bond donors (Lipinski definition) is 1. The Balaban J connectivity index is 2.05. The minimum Gasteiger partial charge on any atom is -0.331 e. The Labute approximate surface area is 112 Å². The van der Waals surface area contributed by atoms with Gasteiger partial charge in [-0.2, -0.15) is 0 Å². The van der Waals surface area contributed by atoms with Crippen LogP contribution in [0.2, 0.25) is 0 Å². The molecule has 0 spiro atoms. The van der Waals surface area contributed by atoms with Gasteiger partial charge in [0.15, 0.2) is 0 Å². The third-order valence-electron chi connectivity index (χ3n) is 3.45. The van der Waals surface area contributed by atoms with Crippen LogP contribution in [0.25, 0.3) is 0 Å². The highest BCUT2D eigenvalue weighted by Gasteiger charge is 2.29. The summed E-state index contributed by atoms with van der Waals surface area (Å²) in [5.41, 5.74) is 3.08. The molecule has 5 heteroatoms. The van der Waals surface area contributed by atoms with E-state index in [-0.39, 0.29) is 5.91 Å². The Hall–Kier alpha value is -1.43. The molecule has 0 saturated heterocycles. The second-order valence-corrected chi connectivity index (χ2v) is 4.51. The van der Waals surface area contributed by atoms with Crippen LogP contribution in [0.15, 0.2) is 18.2 Å². The first kappa shape index (κ1) is 14.0. The molecule has 0 fully saturated rings. The third-order valence-corrected chi connectivity index (χ3v) is 3.45. The van der Waals surface area contributed by atoms with Gasteiger partial charge in [0.25, 0.3) is 5.97 Å². The van der Waals surface area contributed by atoms with Crippen molar-refractivity contribution in [3.63, 3.8) is 0 Å². The van der Waals surface area contributed by atoms with E-state index < -0.39 is 5.97 Å². The smallest absolute Gasteiger partial charge is 0.282 e. The van der Waals surface area contributed by atoms with Crippen LogP contribution in [0, 0.1) is 0 Å². The second-order valence-electron chi connectivity index (χ2n) is 4.51. The van der Waals surface area contributed by atoms with Crippen molar-refractivity contribution in [2.45, 2.75) is 25.2 Å². The van der Waals surface area contributed by atoms with Gasteiger partial charge in [-0.25, -0.2) is 0 Å². The van der Waals surface area contributed by atoms with Gasteiger partial charge in [-0.05, 0) is 23.6 Å². The second kappa shape index (κ2) is 5.69. The number of benzene rings is 1. The summed E-state index contributed by atoms with van der Waals surface area (Å²) in [6, 6.07) is 5.97. The van der Waals surface area contributed by atoms with Crippen LogP contribution in [0.5, 0.6) is 0 Å². The zero-order valence-electron chi connectivity index (χ0n) is 11.5. The highest BCUT2D eigenvalue weighted by Crippen LogP contribution is 2.26. The number of aryl methyl sites for hydroxylation is 1. The lowest BCUT2D eigenvalue weighted by atomic mass is 10.0. The highest BCUT2D eigenvalue weighted by molar-refractivity contribution is 5.99. The van der Waals surface area contributed by atoms with Crippen molar-refractivity contribution >= 4 is 11.6 Å². The Morgan fingerprint density at radius 2 is 1.89 bits per heavy atom. The number of anilines is 1. The van der Waals surface area contributed by atoms with E-state index in [1.54, 1.807) is 21.3 Å². The van der Waals surface area contributed by atoms with Crippen LogP contribution in [0.3, 0.4) is 0 Å². The van der Waals surface area contributed by atoms with Gasteiger partial charge in [0.2, 0.25) is 5.91 Å². The van der Waals surface area contributed by atoms with E-state index >= 15 is 0 Å². The van der Waals surface area contributed by atoms with Gasteiger partial charge in [-0.15, -0.1) is 0 Å². The molecule has 1 amide bonds. The molecule has 104 valence electrons. The lowest BCUT2D eigenvalue weighted by molar-refractivity contribution is -0.354. The largest absolute Gasteiger partial charge is 0.331 e. The molecule has 2 rings (SSSR count). The summed E-state index contributed by atoms with van der Waals surface area (Å²) in [5, 5.41) is 2.82. The minimum absolute atomic E-state index is 0.0483. The molecule has 1 aromatic rings. The van der Waals surface area contributed by atoms with E-state index in [2.05, 4.69) is 5.32 Å². The fourth-order valence-corrected chi connectivity index (χ4v) is 2.29. The first-order valence-electron chi connectivity index (χ1n) is 6.19. The molecule has 0 bridgehead atoms.